The van der Waals surface area contributed by atoms with Gasteiger partial charge in [0.25, 0.3) is 0 Å². The molecule has 3 aromatic rings. The van der Waals surface area contributed by atoms with E-state index in [1.807, 2.05) is 54.6 Å². The van der Waals surface area contributed by atoms with Gasteiger partial charge in [-0.1, -0.05) is 30.0 Å². The van der Waals surface area contributed by atoms with Gasteiger partial charge in [-0.25, -0.2) is 4.98 Å². The van der Waals surface area contributed by atoms with Crippen molar-refractivity contribution in [3.05, 3.63) is 84.3 Å². The summed E-state index contributed by atoms with van der Waals surface area (Å²) in [7, 11) is 1.62. The number of thioether (sulfide) groups is 1. The molecule has 1 aliphatic rings. The van der Waals surface area contributed by atoms with E-state index in [0.29, 0.717) is 26.2 Å². The van der Waals surface area contributed by atoms with Crippen LogP contribution >= 0.6 is 11.8 Å². The SMILES string of the molecule is COc1ccc(CN2CC(OCc3ccncc3)CN(C(=O)CSc3ccccn3)CC2=O)cc1. The molecule has 3 heterocycles. The first kappa shape index (κ1) is 24.7. The third-order valence-corrected chi connectivity index (χ3v) is 6.56. The van der Waals surface area contributed by atoms with Crippen LogP contribution in [0.2, 0.25) is 0 Å². The lowest BCUT2D eigenvalue weighted by Crippen LogP contribution is -2.40. The predicted molar refractivity (Wildman–Crippen MR) is 133 cm³/mol. The maximum Gasteiger partial charge on any atom is 0.242 e. The fraction of sp³-hybridized carbons (Fsp3) is 0.308. The number of rotatable bonds is 9. The van der Waals surface area contributed by atoms with Crippen molar-refractivity contribution in [3.63, 3.8) is 0 Å². The van der Waals surface area contributed by atoms with Crippen LogP contribution in [0.4, 0.5) is 0 Å². The molecular weight excluding hydrogens is 464 g/mol. The van der Waals surface area contributed by atoms with Crippen molar-refractivity contribution in [3.8, 4) is 5.75 Å². The summed E-state index contributed by atoms with van der Waals surface area (Å²) in [6.45, 7) is 1.57. The molecule has 182 valence electrons. The van der Waals surface area contributed by atoms with Gasteiger partial charge in [-0.15, -0.1) is 0 Å². The lowest BCUT2D eigenvalue weighted by Gasteiger charge is -2.25. The standard InChI is InChI=1S/C26H28N4O4S/c1-33-22-7-5-20(6-8-22)14-29-15-23(34-18-21-9-12-27-13-10-21)16-30(17-25(29)31)26(32)19-35-24-4-2-3-11-28-24/h2-13,23H,14-19H2,1H3. The maximum absolute atomic E-state index is 13.2. The topological polar surface area (TPSA) is 84.9 Å². The molecule has 8 nitrogen and oxygen atoms in total. The van der Waals surface area contributed by atoms with E-state index >= 15 is 0 Å². The lowest BCUT2D eigenvalue weighted by molar-refractivity contribution is -0.137. The van der Waals surface area contributed by atoms with Gasteiger partial charge in [0.1, 0.15) is 5.75 Å². The van der Waals surface area contributed by atoms with E-state index in [-0.39, 0.29) is 30.2 Å². The first-order valence-corrected chi connectivity index (χ1v) is 12.3. The number of benzene rings is 1. The number of carbonyl (C=O) groups is 2. The molecule has 1 unspecified atom stereocenters. The van der Waals surface area contributed by atoms with Gasteiger partial charge in [-0.3, -0.25) is 14.6 Å². The van der Waals surface area contributed by atoms with Crippen LogP contribution in [0.25, 0.3) is 0 Å². The Morgan fingerprint density at radius 2 is 1.83 bits per heavy atom. The zero-order valence-electron chi connectivity index (χ0n) is 19.6. The van der Waals surface area contributed by atoms with Crippen LogP contribution in [0.1, 0.15) is 11.1 Å². The first-order chi connectivity index (χ1) is 17.1. The molecule has 0 aliphatic carbocycles. The van der Waals surface area contributed by atoms with Gasteiger partial charge in [0.15, 0.2) is 0 Å². The molecule has 1 fully saturated rings. The zero-order chi connectivity index (χ0) is 24.5. The molecule has 0 bridgehead atoms. The smallest absolute Gasteiger partial charge is 0.242 e. The van der Waals surface area contributed by atoms with Gasteiger partial charge in [0.05, 0.1) is 37.1 Å². The predicted octanol–water partition coefficient (Wildman–Crippen LogP) is 3.03. The molecule has 0 spiro atoms. The zero-order valence-corrected chi connectivity index (χ0v) is 20.4. The van der Waals surface area contributed by atoms with Gasteiger partial charge in [0.2, 0.25) is 11.8 Å². The van der Waals surface area contributed by atoms with Crippen molar-refractivity contribution in [2.45, 2.75) is 24.3 Å². The Hall–Kier alpha value is -3.43. The first-order valence-electron chi connectivity index (χ1n) is 11.3. The molecule has 1 saturated heterocycles. The second-order valence-electron chi connectivity index (χ2n) is 8.14. The van der Waals surface area contributed by atoms with E-state index < -0.39 is 0 Å². The van der Waals surface area contributed by atoms with E-state index in [9.17, 15) is 9.59 Å². The second kappa shape index (κ2) is 12.3. The fourth-order valence-corrected chi connectivity index (χ4v) is 4.50. The molecular formula is C26H28N4O4S. The van der Waals surface area contributed by atoms with Crippen molar-refractivity contribution >= 4 is 23.6 Å². The quantitative estimate of drug-likeness (QED) is 0.425. The van der Waals surface area contributed by atoms with Crippen LogP contribution < -0.4 is 4.74 Å². The van der Waals surface area contributed by atoms with E-state index in [0.717, 1.165) is 21.9 Å². The minimum absolute atomic E-state index is 0.0207. The monoisotopic (exact) mass is 492 g/mol. The largest absolute Gasteiger partial charge is 0.497 e. The van der Waals surface area contributed by atoms with Crippen molar-refractivity contribution in [1.29, 1.82) is 0 Å². The summed E-state index contributed by atoms with van der Waals surface area (Å²) in [4.78, 5) is 37.9. The van der Waals surface area contributed by atoms with Crippen molar-refractivity contribution in [2.24, 2.45) is 0 Å². The maximum atomic E-state index is 13.2. The van der Waals surface area contributed by atoms with Crippen LogP contribution in [-0.2, 0) is 27.5 Å². The molecule has 2 aromatic heterocycles. The molecule has 1 atom stereocenters. The van der Waals surface area contributed by atoms with Crippen LogP contribution in [0.5, 0.6) is 5.75 Å². The third kappa shape index (κ3) is 7.27. The molecule has 1 aromatic carbocycles. The molecule has 2 amide bonds. The summed E-state index contributed by atoms with van der Waals surface area (Å²) in [6.07, 6.45) is 4.81. The summed E-state index contributed by atoms with van der Waals surface area (Å²) in [5, 5.41) is 0.772. The van der Waals surface area contributed by atoms with Gasteiger partial charge in [-0.05, 0) is 47.5 Å². The highest BCUT2D eigenvalue weighted by atomic mass is 32.2. The average Bonchev–Trinajstić information content (AvgIpc) is 3.06. The summed E-state index contributed by atoms with van der Waals surface area (Å²) in [6, 6.07) is 17.0. The van der Waals surface area contributed by atoms with Crippen molar-refractivity contribution in [1.82, 2.24) is 19.8 Å². The number of ether oxygens (including phenoxy) is 2. The van der Waals surface area contributed by atoms with Gasteiger partial charge in [0, 0.05) is 38.2 Å². The second-order valence-corrected chi connectivity index (χ2v) is 9.14. The highest BCUT2D eigenvalue weighted by Gasteiger charge is 2.31. The minimum atomic E-state index is -0.323. The Labute approximate surface area is 209 Å². The number of methoxy groups -OCH3 is 1. The normalized spacial score (nSPS) is 16.1. The Morgan fingerprint density at radius 3 is 2.54 bits per heavy atom. The average molecular weight is 493 g/mol. The Balaban J connectivity index is 1.45. The molecule has 9 heteroatoms. The summed E-state index contributed by atoms with van der Waals surface area (Å²) in [5.41, 5.74) is 1.97. The van der Waals surface area contributed by atoms with Crippen LogP contribution in [0.15, 0.2) is 78.2 Å². The van der Waals surface area contributed by atoms with E-state index in [1.165, 1.54) is 11.8 Å². The highest BCUT2D eigenvalue weighted by Crippen LogP contribution is 2.19. The Morgan fingerprint density at radius 1 is 1.03 bits per heavy atom. The molecule has 0 N–H and O–H groups in total. The number of nitrogens with zero attached hydrogens (tertiary/aromatic N) is 4. The molecule has 4 rings (SSSR count). The van der Waals surface area contributed by atoms with Gasteiger partial charge >= 0.3 is 0 Å². The Kier molecular flexibility index (Phi) is 8.69. The van der Waals surface area contributed by atoms with Crippen molar-refractivity contribution in [2.75, 3.05) is 32.5 Å². The number of carbonyl (C=O) groups excluding carboxylic acids is 2. The number of hydrogen-bond acceptors (Lipinski definition) is 7. The van der Waals surface area contributed by atoms with E-state index in [1.54, 1.807) is 35.5 Å². The number of aromatic nitrogens is 2. The molecule has 0 radical (unpaired) electrons. The summed E-state index contributed by atoms with van der Waals surface area (Å²) in [5.74, 6) is 0.751. The summed E-state index contributed by atoms with van der Waals surface area (Å²) >= 11 is 1.36. The van der Waals surface area contributed by atoms with Crippen LogP contribution in [0.3, 0.4) is 0 Å². The fourth-order valence-electron chi connectivity index (χ4n) is 3.73. The van der Waals surface area contributed by atoms with Crippen LogP contribution in [-0.4, -0.2) is 70.2 Å². The van der Waals surface area contributed by atoms with Crippen molar-refractivity contribution < 1.29 is 19.1 Å². The molecule has 35 heavy (non-hydrogen) atoms. The number of amides is 2. The number of pyridine rings is 2. The van der Waals surface area contributed by atoms with Crippen LogP contribution in [0, 0.1) is 0 Å². The minimum Gasteiger partial charge on any atom is -0.497 e. The summed E-state index contributed by atoms with van der Waals surface area (Å²) < 4.78 is 11.4. The molecule has 1 aliphatic heterocycles. The highest BCUT2D eigenvalue weighted by molar-refractivity contribution is 7.99. The van der Waals surface area contributed by atoms with Gasteiger partial charge in [-0.2, -0.15) is 0 Å². The van der Waals surface area contributed by atoms with E-state index in [2.05, 4.69) is 9.97 Å². The van der Waals surface area contributed by atoms with E-state index in [4.69, 9.17) is 9.47 Å². The molecule has 0 saturated carbocycles. The Bertz CT molecular complexity index is 1100. The lowest BCUT2D eigenvalue weighted by atomic mass is 10.2. The van der Waals surface area contributed by atoms with Gasteiger partial charge < -0.3 is 19.3 Å². The third-order valence-electron chi connectivity index (χ3n) is 5.63. The number of hydrogen-bond donors (Lipinski definition) is 0.